The van der Waals surface area contributed by atoms with Crippen LogP contribution in [0.2, 0.25) is 0 Å². The summed E-state index contributed by atoms with van der Waals surface area (Å²) in [6.07, 6.45) is 8.72. The molecular formula is C18H30ClNO2. The van der Waals surface area contributed by atoms with Crippen LogP contribution in [0.15, 0.2) is 18.2 Å². The molecule has 4 heteroatoms. The Bertz CT molecular complexity index is 453. The molecule has 0 fully saturated rings. The second kappa shape index (κ2) is 9.51. The lowest BCUT2D eigenvalue weighted by molar-refractivity contribution is 0.181. The van der Waals surface area contributed by atoms with E-state index in [1.54, 1.807) is 7.11 Å². The van der Waals surface area contributed by atoms with Crippen molar-refractivity contribution in [2.24, 2.45) is 5.73 Å². The summed E-state index contributed by atoms with van der Waals surface area (Å²) in [5, 5.41) is 9.45. The van der Waals surface area contributed by atoms with Crippen LogP contribution >= 0.6 is 12.4 Å². The topological polar surface area (TPSA) is 55.5 Å². The minimum absolute atomic E-state index is 0. The van der Waals surface area contributed by atoms with E-state index >= 15 is 0 Å². The fraction of sp³-hybridized carbons (Fsp3) is 0.667. The predicted molar refractivity (Wildman–Crippen MR) is 93.8 cm³/mol. The van der Waals surface area contributed by atoms with Crippen molar-refractivity contribution in [1.82, 2.24) is 0 Å². The number of aliphatic hydroxyl groups is 1. The van der Waals surface area contributed by atoms with E-state index in [9.17, 15) is 5.11 Å². The first-order valence-corrected chi connectivity index (χ1v) is 8.16. The molecular weight excluding hydrogens is 298 g/mol. The van der Waals surface area contributed by atoms with Crippen LogP contribution in [0.1, 0.15) is 48.8 Å². The number of hydrogen-bond acceptors (Lipinski definition) is 3. The maximum atomic E-state index is 9.45. The molecule has 0 radical (unpaired) electrons. The fourth-order valence-electron chi connectivity index (χ4n) is 3.16. The van der Waals surface area contributed by atoms with Crippen molar-refractivity contribution in [2.45, 2.75) is 56.9 Å². The van der Waals surface area contributed by atoms with Gasteiger partial charge in [0.1, 0.15) is 0 Å². The normalized spacial score (nSPS) is 20.3. The van der Waals surface area contributed by atoms with Gasteiger partial charge in [-0.3, -0.25) is 0 Å². The Morgan fingerprint density at radius 1 is 1.18 bits per heavy atom. The largest absolute Gasteiger partial charge is 0.394 e. The van der Waals surface area contributed by atoms with E-state index in [0.29, 0.717) is 0 Å². The highest BCUT2D eigenvalue weighted by Crippen LogP contribution is 2.28. The first-order chi connectivity index (χ1) is 10.2. The lowest BCUT2D eigenvalue weighted by Crippen LogP contribution is -2.48. The Kier molecular flexibility index (Phi) is 8.40. The van der Waals surface area contributed by atoms with E-state index < -0.39 is 5.54 Å². The monoisotopic (exact) mass is 327 g/mol. The molecule has 2 rings (SSSR count). The molecule has 1 aromatic carbocycles. The van der Waals surface area contributed by atoms with Gasteiger partial charge in [0.05, 0.1) is 6.61 Å². The zero-order valence-electron chi connectivity index (χ0n) is 13.6. The van der Waals surface area contributed by atoms with E-state index in [1.807, 2.05) is 0 Å². The van der Waals surface area contributed by atoms with Gasteiger partial charge in [-0.05, 0) is 55.2 Å². The smallest absolute Gasteiger partial charge is 0.0614 e. The summed E-state index contributed by atoms with van der Waals surface area (Å²) in [6, 6.07) is 6.82. The molecule has 126 valence electrons. The average Bonchev–Trinajstić information content (AvgIpc) is 2.50. The quantitative estimate of drug-likeness (QED) is 0.722. The van der Waals surface area contributed by atoms with E-state index in [1.165, 1.54) is 36.0 Å². The summed E-state index contributed by atoms with van der Waals surface area (Å²) in [5.41, 5.74) is 9.98. The summed E-state index contributed by atoms with van der Waals surface area (Å²) in [6.45, 7) is 0.953. The molecule has 1 aliphatic carbocycles. The highest BCUT2D eigenvalue weighted by atomic mass is 35.5. The van der Waals surface area contributed by atoms with Crippen LogP contribution in [-0.2, 0) is 24.0 Å². The van der Waals surface area contributed by atoms with Crippen LogP contribution in [-0.4, -0.2) is 31.0 Å². The van der Waals surface area contributed by atoms with Crippen LogP contribution in [0.25, 0.3) is 0 Å². The Morgan fingerprint density at radius 3 is 2.68 bits per heavy atom. The molecule has 0 saturated carbocycles. The number of methoxy groups -OCH3 is 1. The maximum absolute atomic E-state index is 9.45. The maximum Gasteiger partial charge on any atom is 0.0614 e. The van der Waals surface area contributed by atoms with Gasteiger partial charge in [-0.1, -0.05) is 31.0 Å². The number of unbranched alkanes of at least 4 members (excludes halogenated alkanes) is 3. The number of ether oxygens (including phenoxy) is 1. The molecule has 1 unspecified atom stereocenters. The molecule has 0 amide bonds. The first kappa shape index (κ1) is 19.4. The van der Waals surface area contributed by atoms with Crippen molar-refractivity contribution in [3.8, 4) is 0 Å². The van der Waals surface area contributed by atoms with Gasteiger partial charge in [0.25, 0.3) is 0 Å². The zero-order chi connectivity index (χ0) is 15.1. The molecule has 0 aromatic heterocycles. The Morgan fingerprint density at radius 2 is 1.95 bits per heavy atom. The van der Waals surface area contributed by atoms with Gasteiger partial charge in [0.2, 0.25) is 0 Å². The molecule has 0 bridgehead atoms. The highest BCUT2D eigenvalue weighted by molar-refractivity contribution is 5.85. The number of aliphatic hydroxyl groups excluding tert-OH is 1. The van der Waals surface area contributed by atoms with Crippen molar-refractivity contribution in [1.29, 1.82) is 0 Å². The van der Waals surface area contributed by atoms with Crippen LogP contribution in [0.5, 0.6) is 0 Å². The predicted octanol–water partition coefficient (Wildman–Crippen LogP) is 3.04. The van der Waals surface area contributed by atoms with Crippen molar-refractivity contribution in [2.75, 3.05) is 20.3 Å². The number of hydrogen-bond donors (Lipinski definition) is 2. The van der Waals surface area contributed by atoms with E-state index in [-0.39, 0.29) is 19.0 Å². The van der Waals surface area contributed by atoms with Gasteiger partial charge < -0.3 is 15.6 Å². The number of aryl methyl sites for hydroxylation is 2. The van der Waals surface area contributed by atoms with Gasteiger partial charge in [-0.15, -0.1) is 12.4 Å². The van der Waals surface area contributed by atoms with Crippen LogP contribution in [0.3, 0.4) is 0 Å². The Hall–Kier alpha value is -0.610. The standard InChI is InChI=1S/C18H29NO2.ClH/c1-21-11-5-3-2-4-6-15-7-8-16-9-10-18(19,14-20)13-17(16)12-15;/h7-8,12,20H,2-6,9-11,13-14,19H2,1H3;1H. The molecule has 0 heterocycles. The van der Waals surface area contributed by atoms with Gasteiger partial charge in [-0.2, -0.15) is 0 Å². The molecule has 3 nitrogen and oxygen atoms in total. The number of rotatable bonds is 8. The zero-order valence-corrected chi connectivity index (χ0v) is 14.5. The van der Waals surface area contributed by atoms with Crippen LogP contribution in [0.4, 0.5) is 0 Å². The van der Waals surface area contributed by atoms with E-state index in [4.69, 9.17) is 10.5 Å². The molecule has 0 aliphatic heterocycles. The van der Waals surface area contributed by atoms with Crippen LogP contribution < -0.4 is 5.73 Å². The number of benzene rings is 1. The first-order valence-electron chi connectivity index (χ1n) is 8.16. The highest BCUT2D eigenvalue weighted by Gasteiger charge is 2.29. The summed E-state index contributed by atoms with van der Waals surface area (Å²) in [5.74, 6) is 0. The van der Waals surface area contributed by atoms with Gasteiger partial charge in [0.15, 0.2) is 0 Å². The molecule has 1 aromatic rings. The van der Waals surface area contributed by atoms with Crippen molar-refractivity contribution < 1.29 is 9.84 Å². The second-order valence-corrected chi connectivity index (χ2v) is 6.46. The van der Waals surface area contributed by atoms with Crippen molar-refractivity contribution in [3.63, 3.8) is 0 Å². The minimum Gasteiger partial charge on any atom is -0.394 e. The van der Waals surface area contributed by atoms with E-state index in [0.717, 1.165) is 38.7 Å². The third-order valence-corrected chi connectivity index (χ3v) is 4.58. The molecule has 3 N–H and O–H groups in total. The SMILES string of the molecule is COCCCCCCc1ccc2c(c1)CC(N)(CO)CC2.Cl. The minimum atomic E-state index is -0.411. The molecule has 1 atom stereocenters. The summed E-state index contributed by atoms with van der Waals surface area (Å²) in [4.78, 5) is 0. The molecule has 0 saturated heterocycles. The number of nitrogens with two attached hydrogens (primary N) is 1. The van der Waals surface area contributed by atoms with Crippen molar-refractivity contribution >= 4 is 12.4 Å². The lowest BCUT2D eigenvalue weighted by Gasteiger charge is -2.33. The van der Waals surface area contributed by atoms with Gasteiger partial charge >= 0.3 is 0 Å². The Balaban J connectivity index is 0.00000242. The van der Waals surface area contributed by atoms with Gasteiger partial charge in [-0.25, -0.2) is 0 Å². The molecule has 1 aliphatic rings. The van der Waals surface area contributed by atoms with Gasteiger partial charge in [0, 0.05) is 19.3 Å². The Labute approximate surface area is 140 Å². The lowest BCUT2D eigenvalue weighted by atomic mass is 9.78. The average molecular weight is 328 g/mol. The summed E-state index contributed by atoms with van der Waals surface area (Å²) in [7, 11) is 1.76. The number of fused-ring (bicyclic) bond motifs is 1. The van der Waals surface area contributed by atoms with E-state index in [2.05, 4.69) is 18.2 Å². The third kappa shape index (κ3) is 5.54. The van der Waals surface area contributed by atoms with Crippen LogP contribution in [0, 0.1) is 0 Å². The second-order valence-electron chi connectivity index (χ2n) is 6.46. The number of halogens is 1. The molecule has 22 heavy (non-hydrogen) atoms. The summed E-state index contributed by atoms with van der Waals surface area (Å²) >= 11 is 0. The van der Waals surface area contributed by atoms with Crippen molar-refractivity contribution in [3.05, 3.63) is 34.9 Å². The summed E-state index contributed by atoms with van der Waals surface area (Å²) < 4.78 is 5.07. The third-order valence-electron chi connectivity index (χ3n) is 4.58. The fourth-order valence-corrected chi connectivity index (χ4v) is 3.16. The molecule has 0 spiro atoms.